The molecule has 0 aliphatic carbocycles. The molecule has 0 amide bonds. The molecule has 4 nitrogen and oxygen atoms in total. The molecule has 1 aromatic rings. The first-order valence-electron chi connectivity index (χ1n) is 4.01. The van der Waals surface area contributed by atoms with Gasteiger partial charge >= 0.3 is 5.71 Å². The molecular weight excluding hydrogens is 239 g/mol. The highest BCUT2D eigenvalue weighted by atomic mass is 35.5. The molecule has 15 heavy (non-hydrogen) atoms. The Bertz CT molecular complexity index is 507. The first kappa shape index (κ1) is 10.2. The van der Waals surface area contributed by atoms with Gasteiger partial charge in [-0.1, -0.05) is 23.2 Å². The van der Waals surface area contributed by atoms with E-state index in [-0.39, 0.29) is 28.7 Å². The molecule has 0 N–H and O–H groups in total. The number of ketones is 1. The predicted molar refractivity (Wildman–Crippen MR) is 54.9 cm³/mol. The van der Waals surface area contributed by atoms with Gasteiger partial charge in [-0.05, 0) is 12.1 Å². The highest BCUT2D eigenvalue weighted by Crippen LogP contribution is 2.36. The third-order valence-electron chi connectivity index (χ3n) is 2.02. The van der Waals surface area contributed by atoms with Crippen LogP contribution in [-0.4, -0.2) is 22.9 Å². The minimum Gasteiger partial charge on any atom is -0.479 e. The quantitative estimate of drug-likeness (QED) is 0.518. The molecule has 0 unspecified atom stereocenters. The largest absolute Gasteiger partial charge is 0.479 e. The van der Waals surface area contributed by atoms with Gasteiger partial charge in [0.15, 0.2) is 12.4 Å². The topological polar surface area (TPSA) is 62.7 Å². The van der Waals surface area contributed by atoms with Gasteiger partial charge in [0.25, 0.3) is 5.78 Å². The monoisotopic (exact) mass is 242 g/mol. The first-order chi connectivity index (χ1) is 7.15. The van der Waals surface area contributed by atoms with Crippen LogP contribution in [0.4, 0.5) is 0 Å². The molecule has 0 spiro atoms. The number of hydrogen-bond donors (Lipinski definition) is 0. The fraction of sp³-hybridized carbons (Fsp3) is 0.111. The average Bonchev–Trinajstić information content (AvgIpc) is 2.23. The van der Waals surface area contributed by atoms with Gasteiger partial charge in [0.2, 0.25) is 0 Å². The van der Waals surface area contributed by atoms with Gasteiger partial charge < -0.3 is 10.3 Å². The lowest BCUT2D eigenvalue weighted by Gasteiger charge is -2.15. The van der Waals surface area contributed by atoms with Crippen LogP contribution in [0.25, 0.3) is 5.53 Å². The van der Waals surface area contributed by atoms with Crippen LogP contribution >= 0.6 is 23.2 Å². The molecular formula is C9H4Cl2N2O2. The highest BCUT2D eigenvalue weighted by Gasteiger charge is 2.34. The van der Waals surface area contributed by atoms with Crippen molar-refractivity contribution in [3.63, 3.8) is 0 Å². The summed E-state index contributed by atoms with van der Waals surface area (Å²) in [4.78, 5) is 14.5. The number of fused-ring (bicyclic) bond motifs is 1. The second kappa shape index (κ2) is 3.66. The minimum atomic E-state index is -0.466. The Morgan fingerprint density at radius 1 is 1.33 bits per heavy atom. The molecule has 0 aromatic heterocycles. The molecule has 76 valence electrons. The molecule has 1 aliphatic heterocycles. The van der Waals surface area contributed by atoms with Gasteiger partial charge in [-0.25, -0.2) is 0 Å². The van der Waals surface area contributed by atoms with E-state index in [2.05, 4.69) is 4.79 Å². The lowest BCUT2D eigenvalue weighted by molar-refractivity contribution is -0.0132. The maximum absolute atomic E-state index is 11.7. The van der Waals surface area contributed by atoms with Gasteiger partial charge in [-0.15, -0.1) is 0 Å². The molecule has 0 saturated heterocycles. The molecule has 0 radical (unpaired) electrons. The SMILES string of the molecule is [N-]=[N+]=C1COc2c(Cl)ccc(Cl)c2C1=O. The van der Waals surface area contributed by atoms with Crippen molar-refractivity contribution in [2.45, 2.75) is 0 Å². The molecule has 0 fully saturated rings. The van der Waals surface area contributed by atoms with Crippen molar-refractivity contribution in [1.29, 1.82) is 0 Å². The Morgan fingerprint density at radius 3 is 2.67 bits per heavy atom. The number of rotatable bonds is 0. The van der Waals surface area contributed by atoms with Crippen LogP contribution < -0.4 is 4.74 Å². The van der Waals surface area contributed by atoms with Crippen molar-refractivity contribution in [1.82, 2.24) is 0 Å². The number of Topliss-reactive ketones (excluding diaryl/α,β-unsaturated/α-hetero) is 1. The van der Waals surface area contributed by atoms with Crippen LogP contribution in [0.3, 0.4) is 0 Å². The fourth-order valence-electron chi connectivity index (χ4n) is 1.31. The van der Waals surface area contributed by atoms with Gasteiger partial charge in [0, 0.05) is 0 Å². The molecule has 1 aromatic carbocycles. The summed E-state index contributed by atoms with van der Waals surface area (Å²) in [5.41, 5.74) is 8.61. The Balaban J connectivity index is 2.71. The van der Waals surface area contributed by atoms with Crippen LogP contribution in [0.2, 0.25) is 10.0 Å². The molecule has 1 aliphatic rings. The number of benzene rings is 1. The molecule has 1 heterocycles. The maximum atomic E-state index is 11.7. The van der Waals surface area contributed by atoms with Crippen molar-refractivity contribution < 1.29 is 14.3 Å². The van der Waals surface area contributed by atoms with Crippen LogP contribution in [0.5, 0.6) is 5.75 Å². The summed E-state index contributed by atoms with van der Waals surface area (Å²) in [5, 5.41) is 0.528. The Morgan fingerprint density at radius 2 is 2.00 bits per heavy atom. The van der Waals surface area contributed by atoms with E-state index < -0.39 is 5.78 Å². The number of nitrogens with zero attached hydrogens (tertiary/aromatic N) is 2. The zero-order valence-electron chi connectivity index (χ0n) is 7.33. The van der Waals surface area contributed by atoms with Crippen LogP contribution in [0, 0.1) is 0 Å². The second-order valence-electron chi connectivity index (χ2n) is 2.90. The summed E-state index contributed by atoms with van der Waals surface area (Å²) < 4.78 is 5.18. The predicted octanol–water partition coefficient (Wildman–Crippen LogP) is 2.24. The summed E-state index contributed by atoms with van der Waals surface area (Å²) in [6.45, 7) is -0.109. The van der Waals surface area contributed by atoms with Crippen molar-refractivity contribution in [3.8, 4) is 5.75 Å². The van der Waals surface area contributed by atoms with E-state index in [1.54, 1.807) is 0 Å². The van der Waals surface area contributed by atoms with Crippen molar-refractivity contribution in [2.24, 2.45) is 0 Å². The fourth-order valence-corrected chi connectivity index (χ4v) is 1.76. The van der Waals surface area contributed by atoms with E-state index in [4.69, 9.17) is 33.5 Å². The molecule has 0 bridgehead atoms. The lowest BCUT2D eigenvalue weighted by Crippen LogP contribution is -2.29. The normalized spacial score (nSPS) is 14.3. The zero-order valence-corrected chi connectivity index (χ0v) is 8.84. The number of hydrogen-bond acceptors (Lipinski definition) is 2. The molecule has 0 saturated carbocycles. The first-order valence-corrected chi connectivity index (χ1v) is 4.77. The smallest absolute Gasteiger partial charge is 0.376 e. The lowest BCUT2D eigenvalue weighted by atomic mass is 10.0. The highest BCUT2D eigenvalue weighted by molar-refractivity contribution is 6.50. The Kier molecular flexibility index (Phi) is 2.49. The molecule has 0 atom stereocenters. The summed E-state index contributed by atoms with van der Waals surface area (Å²) >= 11 is 11.7. The third kappa shape index (κ3) is 1.53. The standard InChI is InChI=1S/C9H4Cl2N2O2/c10-4-1-2-5(11)9-7(4)8(14)6(13-12)3-15-9/h1-2H,3H2. The summed E-state index contributed by atoms with van der Waals surface area (Å²) in [7, 11) is 0. The van der Waals surface area contributed by atoms with E-state index in [1.165, 1.54) is 12.1 Å². The maximum Gasteiger partial charge on any atom is 0.376 e. The summed E-state index contributed by atoms with van der Waals surface area (Å²) in [5.74, 6) is -0.229. The Labute approximate surface area is 95.0 Å². The second-order valence-corrected chi connectivity index (χ2v) is 3.71. The van der Waals surface area contributed by atoms with E-state index in [0.29, 0.717) is 5.02 Å². The number of halogens is 2. The van der Waals surface area contributed by atoms with E-state index in [0.717, 1.165) is 0 Å². The van der Waals surface area contributed by atoms with Gasteiger partial charge in [-0.2, -0.15) is 4.79 Å². The number of carbonyl (C=O) groups is 1. The zero-order chi connectivity index (χ0) is 11.0. The molecule has 6 heteroatoms. The van der Waals surface area contributed by atoms with E-state index in [9.17, 15) is 4.79 Å². The van der Waals surface area contributed by atoms with Crippen molar-refractivity contribution in [2.75, 3.05) is 6.61 Å². The Hall–Kier alpha value is -1.35. The van der Waals surface area contributed by atoms with Gasteiger partial charge in [0.1, 0.15) is 0 Å². The minimum absolute atomic E-state index is 0.0910. The van der Waals surface area contributed by atoms with E-state index >= 15 is 0 Å². The van der Waals surface area contributed by atoms with Crippen LogP contribution in [0.15, 0.2) is 12.1 Å². The van der Waals surface area contributed by atoms with Gasteiger partial charge in [0.05, 0.1) is 15.6 Å². The van der Waals surface area contributed by atoms with E-state index in [1.807, 2.05) is 0 Å². The van der Waals surface area contributed by atoms with Gasteiger partial charge in [-0.3, -0.25) is 4.79 Å². The summed E-state index contributed by atoms with van der Waals surface area (Å²) in [6.07, 6.45) is 0. The number of carbonyl (C=O) groups excluding carboxylic acids is 1. The van der Waals surface area contributed by atoms with Crippen molar-refractivity contribution >= 4 is 34.7 Å². The van der Waals surface area contributed by atoms with Crippen molar-refractivity contribution in [3.05, 3.63) is 33.3 Å². The summed E-state index contributed by atoms with van der Waals surface area (Å²) in [6, 6.07) is 3.03. The average molecular weight is 243 g/mol. The van der Waals surface area contributed by atoms with Crippen LogP contribution in [-0.2, 0) is 0 Å². The number of ether oxygens (including phenoxy) is 1. The third-order valence-corrected chi connectivity index (χ3v) is 2.63. The van der Waals surface area contributed by atoms with Crippen LogP contribution in [0.1, 0.15) is 10.4 Å². The molecule has 2 rings (SSSR count).